The van der Waals surface area contributed by atoms with Crippen molar-refractivity contribution in [3.63, 3.8) is 0 Å². The monoisotopic (exact) mass is 379 g/mol. The molecule has 3 aromatic rings. The molecule has 0 radical (unpaired) electrons. The molecule has 28 heavy (non-hydrogen) atoms. The number of aromatic nitrogens is 2. The zero-order chi connectivity index (χ0) is 19.9. The van der Waals surface area contributed by atoms with Gasteiger partial charge in [-0.3, -0.25) is 14.8 Å². The number of carbonyl (C=O) groups is 2. The van der Waals surface area contributed by atoms with Crippen LogP contribution in [0.15, 0.2) is 54.9 Å². The van der Waals surface area contributed by atoms with Gasteiger partial charge in [-0.15, -0.1) is 0 Å². The normalized spacial score (nSPS) is 11.6. The first-order valence-electron chi connectivity index (χ1n) is 9.07. The minimum absolute atomic E-state index is 0.270. The quantitative estimate of drug-likeness (QED) is 0.631. The molecule has 0 bridgehead atoms. The molecule has 1 unspecified atom stereocenters. The van der Waals surface area contributed by atoms with E-state index in [9.17, 15) is 9.59 Å². The minimum atomic E-state index is -0.950. The molecule has 1 aromatic heterocycles. The Kier molecular flexibility index (Phi) is 6.16. The Hall–Kier alpha value is -3.48. The van der Waals surface area contributed by atoms with E-state index in [1.165, 1.54) is 6.20 Å². The van der Waals surface area contributed by atoms with Gasteiger partial charge in [-0.1, -0.05) is 25.1 Å². The molecule has 0 aliphatic rings. The minimum Gasteiger partial charge on any atom is -0.492 e. The fraction of sp³-hybridized carbons (Fsp3) is 0.238. The second-order valence-electron chi connectivity index (χ2n) is 5.95. The second kappa shape index (κ2) is 8.94. The Balaban J connectivity index is 1.76. The smallest absolute Gasteiger partial charge is 0.341 e. The number of esters is 1. The third kappa shape index (κ3) is 4.25. The molecular weight excluding hydrogens is 358 g/mol. The number of nitrogens with one attached hydrogen (secondary N) is 1. The summed E-state index contributed by atoms with van der Waals surface area (Å²) < 4.78 is 11.0. The van der Waals surface area contributed by atoms with Gasteiger partial charge in [0.05, 0.1) is 23.4 Å². The molecule has 7 nitrogen and oxygen atoms in total. The second-order valence-corrected chi connectivity index (χ2v) is 5.95. The number of carbonyl (C=O) groups excluding carboxylic acids is 2. The summed E-state index contributed by atoms with van der Waals surface area (Å²) in [5, 5.41) is 2.77. The molecule has 1 atom stereocenters. The number of para-hydroxylation sites is 3. The summed E-state index contributed by atoms with van der Waals surface area (Å²) in [7, 11) is 0. The van der Waals surface area contributed by atoms with Crippen molar-refractivity contribution in [1.82, 2.24) is 9.97 Å². The number of amides is 1. The maximum atomic E-state index is 12.7. The maximum absolute atomic E-state index is 12.7. The van der Waals surface area contributed by atoms with E-state index in [-0.39, 0.29) is 5.56 Å². The van der Waals surface area contributed by atoms with Crippen molar-refractivity contribution in [2.24, 2.45) is 0 Å². The number of anilines is 1. The van der Waals surface area contributed by atoms with Crippen LogP contribution >= 0.6 is 0 Å². The number of hydrogen-bond donors (Lipinski definition) is 1. The predicted octanol–water partition coefficient (Wildman–Crippen LogP) is 3.60. The fourth-order valence-corrected chi connectivity index (χ4v) is 2.74. The molecular formula is C21H21N3O4. The summed E-state index contributed by atoms with van der Waals surface area (Å²) in [6, 6.07) is 12.2. The number of rotatable bonds is 7. The van der Waals surface area contributed by atoms with Crippen LogP contribution in [0.2, 0.25) is 0 Å². The first kappa shape index (κ1) is 19.3. The standard InChI is InChI=1S/C21H21N3O4/c1-3-17(20(25)24-15-9-5-6-11-18(15)27-4-2)28-21(26)14-8-7-10-16-19(14)23-13-12-22-16/h5-13,17H,3-4H2,1-2H3,(H,24,25). The van der Waals surface area contributed by atoms with Crippen LogP contribution in [0, 0.1) is 0 Å². The van der Waals surface area contributed by atoms with E-state index in [1.54, 1.807) is 49.5 Å². The van der Waals surface area contributed by atoms with E-state index in [0.717, 1.165) is 0 Å². The number of ether oxygens (including phenoxy) is 2. The van der Waals surface area contributed by atoms with Gasteiger partial charge in [-0.05, 0) is 37.6 Å². The third-order valence-corrected chi connectivity index (χ3v) is 4.08. The first-order chi connectivity index (χ1) is 13.6. The molecule has 0 aliphatic carbocycles. The van der Waals surface area contributed by atoms with Gasteiger partial charge in [0, 0.05) is 12.4 Å². The summed E-state index contributed by atoms with van der Waals surface area (Å²) in [5.74, 6) is -0.482. The lowest BCUT2D eigenvalue weighted by Gasteiger charge is -2.18. The van der Waals surface area contributed by atoms with Crippen molar-refractivity contribution < 1.29 is 19.1 Å². The summed E-state index contributed by atoms with van der Waals surface area (Å²) >= 11 is 0. The van der Waals surface area contributed by atoms with Gasteiger partial charge in [0.1, 0.15) is 11.3 Å². The van der Waals surface area contributed by atoms with Crippen LogP contribution in [0.3, 0.4) is 0 Å². The summed E-state index contributed by atoms with van der Waals surface area (Å²) in [6.07, 6.45) is 2.43. The van der Waals surface area contributed by atoms with Crippen LogP contribution in [0.25, 0.3) is 11.0 Å². The average Bonchev–Trinajstić information content (AvgIpc) is 2.73. The van der Waals surface area contributed by atoms with Gasteiger partial charge in [0.25, 0.3) is 5.91 Å². The van der Waals surface area contributed by atoms with E-state index in [4.69, 9.17) is 9.47 Å². The molecule has 1 amide bonds. The largest absolute Gasteiger partial charge is 0.492 e. The highest BCUT2D eigenvalue weighted by Crippen LogP contribution is 2.24. The average molecular weight is 379 g/mol. The molecule has 0 saturated heterocycles. The molecule has 3 rings (SSSR count). The number of fused-ring (bicyclic) bond motifs is 1. The maximum Gasteiger partial charge on any atom is 0.341 e. The Bertz CT molecular complexity index is 985. The van der Waals surface area contributed by atoms with Crippen molar-refractivity contribution in [2.75, 3.05) is 11.9 Å². The van der Waals surface area contributed by atoms with Crippen molar-refractivity contribution in [3.05, 3.63) is 60.4 Å². The Morgan fingerprint density at radius 3 is 2.61 bits per heavy atom. The number of nitrogens with zero attached hydrogens (tertiary/aromatic N) is 2. The molecule has 0 aliphatic heterocycles. The van der Waals surface area contributed by atoms with E-state index >= 15 is 0 Å². The Morgan fingerprint density at radius 1 is 1.04 bits per heavy atom. The van der Waals surface area contributed by atoms with Crippen molar-refractivity contribution in [2.45, 2.75) is 26.4 Å². The molecule has 1 N–H and O–H groups in total. The highest BCUT2D eigenvalue weighted by Gasteiger charge is 2.24. The molecule has 0 spiro atoms. The SMILES string of the molecule is CCOc1ccccc1NC(=O)C(CC)OC(=O)c1cccc2nccnc12. The van der Waals surface area contributed by atoms with Gasteiger partial charge in [0.2, 0.25) is 0 Å². The van der Waals surface area contributed by atoms with E-state index in [1.807, 2.05) is 13.0 Å². The fourth-order valence-electron chi connectivity index (χ4n) is 2.74. The van der Waals surface area contributed by atoms with Crippen LogP contribution in [0.4, 0.5) is 5.69 Å². The molecule has 1 heterocycles. The van der Waals surface area contributed by atoms with Gasteiger partial charge >= 0.3 is 5.97 Å². The summed E-state index contributed by atoms with van der Waals surface area (Å²) in [5.41, 5.74) is 1.82. The van der Waals surface area contributed by atoms with Crippen LogP contribution < -0.4 is 10.1 Å². The van der Waals surface area contributed by atoms with Crippen LogP contribution in [-0.2, 0) is 9.53 Å². The number of hydrogen-bond acceptors (Lipinski definition) is 6. The predicted molar refractivity (Wildman–Crippen MR) is 105 cm³/mol. The molecule has 0 saturated carbocycles. The highest BCUT2D eigenvalue weighted by atomic mass is 16.5. The van der Waals surface area contributed by atoms with Crippen molar-refractivity contribution in [3.8, 4) is 5.75 Å². The first-order valence-corrected chi connectivity index (χ1v) is 9.07. The van der Waals surface area contributed by atoms with E-state index < -0.39 is 18.0 Å². The van der Waals surface area contributed by atoms with Crippen LogP contribution in [0.1, 0.15) is 30.6 Å². The lowest BCUT2D eigenvalue weighted by atomic mass is 10.1. The zero-order valence-corrected chi connectivity index (χ0v) is 15.7. The summed E-state index contributed by atoms with van der Waals surface area (Å²) in [6.45, 7) is 4.11. The molecule has 0 fully saturated rings. The Morgan fingerprint density at radius 2 is 1.82 bits per heavy atom. The molecule has 144 valence electrons. The van der Waals surface area contributed by atoms with Gasteiger partial charge in [-0.2, -0.15) is 0 Å². The van der Waals surface area contributed by atoms with Gasteiger partial charge < -0.3 is 14.8 Å². The molecule has 2 aromatic carbocycles. The lowest BCUT2D eigenvalue weighted by molar-refractivity contribution is -0.124. The van der Waals surface area contributed by atoms with Crippen LogP contribution in [-0.4, -0.2) is 34.6 Å². The zero-order valence-electron chi connectivity index (χ0n) is 15.7. The van der Waals surface area contributed by atoms with Gasteiger partial charge in [0.15, 0.2) is 6.10 Å². The van der Waals surface area contributed by atoms with E-state index in [2.05, 4.69) is 15.3 Å². The van der Waals surface area contributed by atoms with E-state index in [0.29, 0.717) is 35.5 Å². The third-order valence-electron chi connectivity index (χ3n) is 4.08. The number of benzene rings is 2. The van der Waals surface area contributed by atoms with Crippen molar-refractivity contribution in [1.29, 1.82) is 0 Å². The van der Waals surface area contributed by atoms with Crippen molar-refractivity contribution >= 4 is 28.6 Å². The summed E-state index contributed by atoms with van der Waals surface area (Å²) in [4.78, 5) is 33.7. The van der Waals surface area contributed by atoms with Crippen LogP contribution in [0.5, 0.6) is 5.75 Å². The molecule has 7 heteroatoms. The lowest BCUT2D eigenvalue weighted by Crippen LogP contribution is -2.32. The highest BCUT2D eigenvalue weighted by molar-refractivity contribution is 6.03. The van der Waals surface area contributed by atoms with Gasteiger partial charge in [-0.25, -0.2) is 4.79 Å². The Labute approximate surface area is 162 Å². The topological polar surface area (TPSA) is 90.4 Å².